The lowest BCUT2D eigenvalue weighted by atomic mass is 10.2. The van der Waals surface area contributed by atoms with Gasteiger partial charge in [-0.1, -0.05) is 6.07 Å². The van der Waals surface area contributed by atoms with Crippen LogP contribution < -0.4 is 5.32 Å². The van der Waals surface area contributed by atoms with Gasteiger partial charge in [0.15, 0.2) is 0 Å². The Hall–Kier alpha value is -2.95. The number of nitrogens with one attached hydrogen (secondary N) is 1. The summed E-state index contributed by atoms with van der Waals surface area (Å²) in [6, 6.07) is 14.7. The highest BCUT2D eigenvalue weighted by Gasteiger charge is 2.07. The van der Waals surface area contributed by atoms with Gasteiger partial charge in [-0.15, -0.1) is 0 Å². The van der Waals surface area contributed by atoms with Gasteiger partial charge in [0.1, 0.15) is 5.69 Å². The molecule has 2 aromatic heterocycles. The van der Waals surface area contributed by atoms with Gasteiger partial charge in [0, 0.05) is 23.8 Å². The van der Waals surface area contributed by atoms with Gasteiger partial charge in [-0.3, -0.25) is 4.79 Å². The largest absolute Gasteiger partial charge is 0.321 e. The Morgan fingerprint density at radius 2 is 1.90 bits per heavy atom. The minimum absolute atomic E-state index is 0.217. The number of hydrogen-bond donors (Lipinski definition) is 1. The molecule has 0 aliphatic rings. The van der Waals surface area contributed by atoms with Crippen LogP contribution in [0, 0.1) is 6.92 Å². The highest BCUT2D eigenvalue weighted by molar-refractivity contribution is 6.02. The lowest BCUT2D eigenvalue weighted by molar-refractivity contribution is 0.102. The van der Waals surface area contributed by atoms with E-state index in [1.165, 1.54) is 0 Å². The average Bonchev–Trinajstić information content (AvgIpc) is 3.02. The first kappa shape index (κ1) is 13.1. The van der Waals surface area contributed by atoms with E-state index >= 15 is 0 Å². The summed E-state index contributed by atoms with van der Waals surface area (Å²) in [5.74, 6) is -0.217. The fraction of sp³-hybridized carbons (Fsp3) is 0.0625. The van der Waals surface area contributed by atoms with Crippen LogP contribution >= 0.6 is 0 Å². The number of hydrogen-bond acceptors (Lipinski definition) is 3. The zero-order valence-corrected chi connectivity index (χ0v) is 11.5. The van der Waals surface area contributed by atoms with E-state index in [-0.39, 0.29) is 5.91 Å². The van der Waals surface area contributed by atoms with Crippen LogP contribution in [0.2, 0.25) is 0 Å². The second-order valence-corrected chi connectivity index (χ2v) is 4.62. The number of amides is 1. The molecule has 0 bridgehead atoms. The lowest BCUT2D eigenvalue weighted by Gasteiger charge is -2.06. The quantitative estimate of drug-likeness (QED) is 0.801. The van der Waals surface area contributed by atoms with Crippen molar-refractivity contribution in [3.05, 3.63) is 72.3 Å². The monoisotopic (exact) mass is 278 g/mol. The molecule has 0 spiro atoms. The second kappa shape index (κ2) is 5.58. The maximum atomic E-state index is 12.1. The molecule has 5 nitrogen and oxygen atoms in total. The van der Waals surface area contributed by atoms with Crippen LogP contribution in [0.25, 0.3) is 5.69 Å². The maximum Gasteiger partial charge on any atom is 0.274 e. The molecule has 0 saturated heterocycles. The zero-order valence-electron chi connectivity index (χ0n) is 11.5. The Morgan fingerprint density at radius 3 is 2.57 bits per heavy atom. The van der Waals surface area contributed by atoms with Crippen LogP contribution in [0.15, 0.2) is 60.9 Å². The van der Waals surface area contributed by atoms with Gasteiger partial charge in [-0.05, 0) is 49.4 Å². The molecule has 0 aliphatic heterocycles. The van der Waals surface area contributed by atoms with Crippen LogP contribution in [0.1, 0.15) is 16.2 Å². The number of carbonyl (C=O) groups is 1. The molecule has 0 saturated carbocycles. The molecule has 3 aromatic rings. The first-order valence-corrected chi connectivity index (χ1v) is 6.57. The summed E-state index contributed by atoms with van der Waals surface area (Å²) < 4.78 is 1.76. The van der Waals surface area contributed by atoms with Crippen molar-refractivity contribution in [2.45, 2.75) is 6.92 Å². The predicted octanol–water partition coefficient (Wildman–Crippen LogP) is 2.83. The molecule has 3 rings (SSSR count). The minimum Gasteiger partial charge on any atom is -0.321 e. The molecule has 0 radical (unpaired) electrons. The normalized spacial score (nSPS) is 10.3. The molecule has 21 heavy (non-hydrogen) atoms. The van der Waals surface area contributed by atoms with Gasteiger partial charge in [0.05, 0.1) is 5.69 Å². The maximum absolute atomic E-state index is 12.1. The molecule has 0 atom stereocenters. The number of rotatable bonds is 3. The Kier molecular flexibility index (Phi) is 3.47. The van der Waals surface area contributed by atoms with Crippen LogP contribution in [-0.2, 0) is 0 Å². The van der Waals surface area contributed by atoms with Crippen LogP contribution in [-0.4, -0.2) is 20.7 Å². The number of aromatic nitrogens is 3. The van der Waals surface area contributed by atoms with Crippen molar-refractivity contribution < 1.29 is 4.79 Å². The summed E-state index contributed by atoms with van der Waals surface area (Å²) in [4.78, 5) is 16.3. The number of pyridine rings is 1. The SMILES string of the molecule is Cc1cccc(C(=O)Nc2ccc(-n3cccn3)cc2)n1. The van der Waals surface area contributed by atoms with E-state index in [2.05, 4.69) is 15.4 Å². The topological polar surface area (TPSA) is 59.8 Å². The molecule has 0 fully saturated rings. The van der Waals surface area contributed by atoms with Gasteiger partial charge >= 0.3 is 0 Å². The van der Waals surface area contributed by atoms with E-state index in [1.54, 1.807) is 16.9 Å². The third-order valence-electron chi connectivity index (χ3n) is 3.02. The summed E-state index contributed by atoms with van der Waals surface area (Å²) in [5.41, 5.74) is 2.88. The fourth-order valence-corrected chi connectivity index (χ4v) is 1.98. The summed E-state index contributed by atoms with van der Waals surface area (Å²) in [6.07, 6.45) is 3.59. The first-order valence-electron chi connectivity index (χ1n) is 6.57. The van der Waals surface area contributed by atoms with Gasteiger partial charge in [0.2, 0.25) is 0 Å². The molecule has 1 amide bonds. The molecule has 5 heteroatoms. The minimum atomic E-state index is -0.217. The number of aryl methyl sites for hydroxylation is 1. The van der Waals surface area contributed by atoms with E-state index in [0.29, 0.717) is 5.69 Å². The summed E-state index contributed by atoms with van der Waals surface area (Å²) in [5, 5.41) is 6.98. The average molecular weight is 278 g/mol. The van der Waals surface area contributed by atoms with Crippen LogP contribution in [0.5, 0.6) is 0 Å². The van der Waals surface area contributed by atoms with Crippen molar-refractivity contribution in [1.29, 1.82) is 0 Å². The van der Waals surface area contributed by atoms with Crippen molar-refractivity contribution in [1.82, 2.24) is 14.8 Å². The summed E-state index contributed by atoms with van der Waals surface area (Å²) in [7, 11) is 0. The third-order valence-corrected chi connectivity index (χ3v) is 3.02. The number of carbonyl (C=O) groups excluding carboxylic acids is 1. The third kappa shape index (κ3) is 2.97. The molecule has 104 valence electrons. The van der Waals surface area contributed by atoms with E-state index in [9.17, 15) is 4.79 Å². The van der Waals surface area contributed by atoms with E-state index in [0.717, 1.165) is 17.1 Å². The van der Waals surface area contributed by atoms with Crippen LogP contribution in [0.4, 0.5) is 5.69 Å². The number of benzene rings is 1. The first-order chi connectivity index (χ1) is 10.2. The lowest BCUT2D eigenvalue weighted by Crippen LogP contribution is -2.13. The Bertz CT molecular complexity index is 748. The summed E-state index contributed by atoms with van der Waals surface area (Å²) >= 11 is 0. The van der Waals surface area contributed by atoms with E-state index in [1.807, 2.05) is 55.6 Å². The molecule has 2 heterocycles. The van der Waals surface area contributed by atoms with Crippen molar-refractivity contribution >= 4 is 11.6 Å². The standard InChI is InChI=1S/C16H14N4O/c1-12-4-2-5-15(18-12)16(21)19-13-6-8-14(9-7-13)20-11-3-10-17-20/h2-11H,1H3,(H,19,21). The number of anilines is 1. The Morgan fingerprint density at radius 1 is 1.10 bits per heavy atom. The van der Waals surface area contributed by atoms with Crippen molar-refractivity contribution in [3.63, 3.8) is 0 Å². The molecule has 0 unspecified atom stereocenters. The van der Waals surface area contributed by atoms with Crippen molar-refractivity contribution in [3.8, 4) is 5.69 Å². The number of nitrogens with zero attached hydrogens (tertiary/aromatic N) is 3. The second-order valence-electron chi connectivity index (χ2n) is 4.62. The van der Waals surface area contributed by atoms with Crippen molar-refractivity contribution in [2.75, 3.05) is 5.32 Å². The Balaban J connectivity index is 1.75. The Labute approximate surface area is 122 Å². The van der Waals surface area contributed by atoms with Gasteiger partial charge in [-0.2, -0.15) is 5.10 Å². The highest BCUT2D eigenvalue weighted by Crippen LogP contribution is 2.13. The van der Waals surface area contributed by atoms with Gasteiger partial charge in [-0.25, -0.2) is 9.67 Å². The predicted molar refractivity (Wildman–Crippen MR) is 80.5 cm³/mol. The fourth-order valence-electron chi connectivity index (χ4n) is 1.98. The highest BCUT2D eigenvalue weighted by atomic mass is 16.1. The summed E-state index contributed by atoms with van der Waals surface area (Å²) in [6.45, 7) is 1.86. The van der Waals surface area contributed by atoms with E-state index < -0.39 is 0 Å². The molecule has 0 aliphatic carbocycles. The van der Waals surface area contributed by atoms with Gasteiger partial charge in [0.25, 0.3) is 5.91 Å². The smallest absolute Gasteiger partial charge is 0.274 e. The molecular weight excluding hydrogens is 264 g/mol. The van der Waals surface area contributed by atoms with Crippen LogP contribution in [0.3, 0.4) is 0 Å². The molecule has 1 aromatic carbocycles. The van der Waals surface area contributed by atoms with Crippen molar-refractivity contribution in [2.24, 2.45) is 0 Å². The zero-order chi connectivity index (χ0) is 14.7. The molecule has 1 N–H and O–H groups in total. The van der Waals surface area contributed by atoms with E-state index in [4.69, 9.17) is 0 Å². The van der Waals surface area contributed by atoms with Gasteiger partial charge < -0.3 is 5.32 Å². The molecular formula is C16H14N4O.